The molecule has 0 aliphatic heterocycles. The van der Waals surface area contributed by atoms with Crippen LogP contribution in [0.1, 0.15) is 57.1 Å². The molecule has 166 valence electrons. The van der Waals surface area contributed by atoms with Crippen molar-refractivity contribution in [3.05, 3.63) is 47.5 Å². The molecule has 1 heterocycles. The molecule has 1 atom stereocenters. The van der Waals surface area contributed by atoms with E-state index >= 15 is 0 Å². The van der Waals surface area contributed by atoms with Gasteiger partial charge >= 0.3 is 0 Å². The topological polar surface area (TPSA) is 76.4 Å². The molecule has 2 N–H and O–H groups in total. The minimum atomic E-state index is 0.160. The highest BCUT2D eigenvalue weighted by Gasteiger charge is 2.09. The fraction of sp³-hybridized carbons (Fsp3) is 0.609. The van der Waals surface area contributed by atoms with Crippen molar-refractivity contribution in [2.45, 2.75) is 59.5 Å². The lowest BCUT2D eigenvalue weighted by Crippen LogP contribution is -2.40. The molecule has 2 aromatic rings. The van der Waals surface area contributed by atoms with Crippen LogP contribution in [-0.4, -0.2) is 47.5 Å². The molecule has 7 heteroatoms. The number of nitrogens with one attached hydrogen (secondary N) is 2. The minimum Gasteiger partial charge on any atom is -0.385 e. The van der Waals surface area contributed by atoms with Gasteiger partial charge in [-0.3, -0.25) is 4.99 Å². The summed E-state index contributed by atoms with van der Waals surface area (Å²) in [6.07, 6.45) is 4.66. The summed E-state index contributed by atoms with van der Waals surface area (Å²) in [5.74, 6) is 2.48. The first-order valence-corrected chi connectivity index (χ1v) is 11.0. The van der Waals surface area contributed by atoms with Crippen LogP contribution in [-0.2, 0) is 24.1 Å². The maximum atomic E-state index is 5.14. The van der Waals surface area contributed by atoms with Gasteiger partial charge in [0, 0.05) is 39.8 Å². The number of aryl methyl sites for hydroxylation is 1. The standard InChI is InChI=1S/C23H38N6O/c1-6-22-28-26-17-29(22)14-13-25-23(24-12-7-15-30-5)27-19(4)21-10-8-20(9-11-21)16-18(2)3/h8-11,17-19H,6-7,12-16H2,1-5H3,(H2,24,25,27). The summed E-state index contributed by atoms with van der Waals surface area (Å²) in [4.78, 5) is 4.72. The van der Waals surface area contributed by atoms with E-state index in [9.17, 15) is 0 Å². The molecular formula is C23H38N6O. The van der Waals surface area contributed by atoms with E-state index in [1.807, 2.05) is 0 Å². The van der Waals surface area contributed by atoms with Gasteiger partial charge in [-0.05, 0) is 36.8 Å². The van der Waals surface area contributed by atoms with Crippen molar-refractivity contribution in [1.29, 1.82) is 0 Å². The first-order chi connectivity index (χ1) is 14.5. The van der Waals surface area contributed by atoms with Gasteiger partial charge < -0.3 is 19.9 Å². The number of aromatic nitrogens is 3. The quantitative estimate of drug-likeness (QED) is 0.316. The Hall–Kier alpha value is -2.41. The Labute approximate surface area is 181 Å². The van der Waals surface area contributed by atoms with E-state index in [0.29, 0.717) is 12.5 Å². The monoisotopic (exact) mass is 414 g/mol. The summed E-state index contributed by atoms with van der Waals surface area (Å²) >= 11 is 0. The lowest BCUT2D eigenvalue weighted by atomic mass is 10.00. The van der Waals surface area contributed by atoms with E-state index in [-0.39, 0.29) is 6.04 Å². The van der Waals surface area contributed by atoms with Crippen LogP contribution < -0.4 is 10.6 Å². The van der Waals surface area contributed by atoms with Gasteiger partial charge in [0.1, 0.15) is 12.2 Å². The molecule has 0 amide bonds. The predicted molar refractivity (Wildman–Crippen MR) is 123 cm³/mol. The smallest absolute Gasteiger partial charge is 0.191 e. The number of nitrogens with zero attached hydrogens (tertiary/aromatic N) is 4. The lowest BCUT2D eigenvalue weighted by molar-refractivity contribution is 0.197. The highest BCUT2D eigenvalue weighted by Crippen LogP contribution is 2.15. The van der Waals surface area contributed by atoms with Gasteiger partial charge in [-0.2, -0.15) is 0 Å². The van der Waals surface area contributed by atoms with Crippen molar-refractivity contribution in [2.24, 2.45) is 10.9 Å². The molecule has 0 spiro atoms. The van der Waals surface area contributed by atoms with Gasteiger partial charge in [-0.15, -0.1) is 10.2 Å². The Bertz CT molecular complexity index is 753. The molecule has 1 unspecified atom stereocenters. The molecule has 1 aromatic carbocycles. The van der Waals surface area contributed by atoms with Gasteiger partial charge in [0.15, 0.2) is 5.96 Å². The second-order valence-electron chi connectivity index (χ2n) is 8.00. The zero-order valence-electron chi connectivity index (χ0n) is 19.2. The number of benzene rings is 1. The number of guanidine groups is 1. The van der Waals surface area contributed by atoms with Gasteiger partial charge in [0.25, 0.3) is 0 Å². The number of hydrogen-bond donors (Lipinski definition) is 2. The third kappa shape index (κ3) is 8.14. The Morgan fingerprint density at radius 1 is 1.20 bits per heavy atom. The first kappa shape index (κ1) is 23.9. The average molecular weight is 415 g/mol. The second-order valence-corrected chi connectivity index (χ2v) is 8.00. The van der Waals surface area contributed by atoms with E-state index in [4.69, 9.17) is 9.73 Å². The van der Waals surface area contributed by atoms with Crippen LogP contribution in [0.4, 0.5) is 0 Å². The molecule has 0 aliphatic rings. The van der Waals surface area contributed by atoms with Crippen LogP contribution in [0.25, 0.3) is 0 Å². The SMILES string of the molecule is CCc1nncn1CCNC(=NCCCOC)NC(C)c1ccc(CC(C)C)cc1. The molecule has 0 radical (unpaired) electrons. The zero-order chi connectivity index (χ0) is 21.8. The summed E-state index contributed by atoms with van der Waals surface area (Å²) in [5, 5.41) is 15.1. The van der Waals surface area contributed by atoms with Gasteiger partial charge in [0.05, 0.1) is 6.04 Å². The van der Waals surface area contributed by atoms with Crippen molar-refractivity contribution < 1.29 is 4.74 Å². The van der Waals surface area contributed by atoms with Crippen molar-refractivity contribution in [3.8, 4) is 0 Å². The molecule has 2 rings (SSSR count). The second kappa shape index (κ2) is 13.0. The summed E-state index contributed by atoms with van der Waals surface area (Å²) in [7, 11) is 1.72. The summed E-state index contributed by atoms with van der Waals surface area (Å²) in [6, 6.07) is 9.04. The largest absolute Gasteiger partial charge is 0.385 e. The molecular weight excluding hydrogens is 376 g/mol. The van der Waals surface area contributed by atoms with Crippen LogP contribution in [0.15, 0.2) is 35.6 Å². The predicted octanol–water partition coefficient (Wildman–Crippen LogP) is 3.37. The fourth-order valence-corrected chi connectivity index (χ4v) is 3.29. The van der Waals surface area contributed by atoms with Gasteiger partial charge in [-0.1, -0.05) is 45.0 Å². The molecule has 7 nitrogen and oxygen atoms in total. The van der Waals surface area contributed by atoms with E-state index in [1.54, 1.807) is 13.4 Å². The zero-order valence-corrected chi connectivity index (χ0v) is 19.2. The van der Waals surface area contributed by atoms with Gasteiger partial charge in [-0.25, -0.2) is 0 Å². The van der Waals surface area contributed by atoms with Crippen molar-refractivity contribution in [3.63, 3.8) is 0 Å². The molecule has 0 saturated carbocycles. The summed E-state index contributed by atoms with van der Waals surface area (Å²) in [6.45, 7) is 11.7. The Kier molecular flexibility index (Phi) is 10.3. The van der Waals surface area contributed by atoms with Crippen LogP contribution >= 0.6 is 0 Å². The normalized spacial score (nSPS) is 12.9. The molecule has 1 aromatic heterocycles. The van der Waals surface area contributed by atoms with E-state index in [1.165, 1.54) is 11.1 Å². The molecule has 30 heavy (non-hydrogen) atoms. The number of aliphatic imine (C=N–C) groups is 1. The fourth-order valence-electron chi connectivity index (χ4n) is 3.29. The number of hydrogen-bond acceptors (Lipinski definition) is 4. The van der Waals surface area contributed by atoms with Gasteiger partial charge in [0.2, 0.25) is 0 Å². The summed E-state index contributed by atoms with van der Waals surface area (Å²) in [5.41, 5.74) is 2.63. The van der Waals surface area contributed by atoms with Crippen LogP contribution in [0, 0.1) is 5.92 Å². The van der Waals surface area contributed by atoms with Crippen LogP contribution in [0.3, 0.4) is 0 Å². The Morgan fingerprint density at radius 3 is 2.63 bits per heavy atom. The lowest BCUT2D eigenvalue weighted by Gasteiger charge is -2.19. The summed E-state index contributed by atoms with van der Waals surface area (Å²) < 4.78 is 7.22. The van der Waals surface area contributed by atoms with Crippen molar-refractivity contribution in [2.75, 3.05) is 26.8 Å². The van der Waals surface area contributed by atoms with E-state index in [2.05, 4.69) is 77.4 Å². The van der Waals surface area contributed by atoms with Crippen molar-refractivity contribution in [1.82, 2.24) is 25.4 Å². The third-order valence-corrected chi connectivity index (χ3v) is 4.91. The molecule has 0 bridgehead atoms. The number of ether oxygens (including phenoxy) is 1. The average Bonchev–Trinajstić information content (AvgIpc) is 3.18. The first-order valence-electron chi connectivity index (χ1n) is 11.0. The highest BCUT2D eigenvalue weighted by molar-refractivity contribution is 5.80. The number of rotatable bonds is 12. The maximum Gasteiger partial charge on any atom is 0.191 e. The van der Waals surface area contributed by atoms with E-state index in [0.717, 1.165) is 50.7 Å². The minimum absolute atomic E-state index is 0.160. The Morgan fingerprint density at radius 2 is 1.97 bits per heavy atom. The molecule has 0 saturated heterocycles. The van der Waals surface area contributed by atoms with Crippen molar-refractivity contribution >= 4 is 5.96 Å². The Balaban J connectivity index is 1.95. The van der Waals surface area contributed by atoms with Crippen LogP contribution in [0.5, 0.6) is 0 Å². The highest BCUT2D eigenvalue weighted by atomic mass is 16.5. The maximum absolute atomic E-state index is 5.14. The van der Waals surface area contributed by atoms with E-state index < -0.39 is 0 Å². The molecule has 0 aliphatic carbocycles. The molecule has 0 fully saturated rings. The van der Waals surface area contributed by atoms with Crippen LogP contribution in [0.2, 0.25) is 0 Å². The third-order valence-electron chi connectivity index (χ3n) is 4.91. The number of methoxy groups -OCH3 is 1.